The molecule has 0 bridgehead atoms. The van der Waals surface area contributed by atoms with Gasteiger partial charge in [0.1, 0.15) is 4.90 Å². The third-order valence-electron chi connectivity index (χ3n) is 5.16. The lowest BCUT2D eigenvalue weighted by Crippen LogP contribution is -2.37. The van der Waals surface area contributed by atoms with Gasteiger partial charge in [-0.3, -0.25) is 0 Å². The Kier molecular flexibility index (Phi) is 8.89. The van der Waals surface area contributed by atoms with E-state index >= 15 is 0 Å². The van der Waals surface area contributed by atoms with Crippen molar-refractivity contribution in [2.24, 2.45) is 5.92 Å². The molecule has 0 radical (unpaired) electrons. The molecule has 10 heteroatoms. The average molecular weight is 523 g/mol. The first kappa shape index (κ1) is 26.4. The summed E-state index contributed by atoms with van der Waals surface area (Å²) in [4.78, 5) is 0.578. The second-order valence-electron chi connectivity index (χ2n) is 8.36. The van der Waals surface area contributed by atoms with Gasteiger partial charge < -0.3 is 10.4 Å². The molecule has 1 atom stereocenters. The molecule has 0 saturated heterocycles. The third-order valence-corrected chi connectivity index (χ3v) is 9.74. The van der Waals surface area contributed by atoms with Crippen LogP contribution >= 0.6 is 11.3 Å². The van der Waals surface area contributed by atoms with E-state index in [0.717, 1.165) is 0 Å². The molecular formula is C24H30N2O5S3. The van der Waals surface area contributed by atoms with Gasteiger partial charge in [0.05, 0.1) is 21.6 Å². The maximum absolute atomic E-state index is 13.1. The maximum Gasteiger partial charge on any atom is 0.243 e. The van der Waals surface area contributed by atoms with E-state index in [-0.39, 0.29) is 40.1 Å². The van der Waals surface area contributed by atoms with Gasteiger partial charge >= 0.3 is 0 Å². The minimum atomic E-state index is -3.68. The van der Waals surface area contributed by atoms with Gasteiger partial charge in [-0.05, 0) is 36.6 Å². The number of hydrogen-bond acceptors (Lipinski definition) is 7. The van der Waals surface area contributed by atoms with E-state index in [4.69, 9.17) is 0 Å². The molecule has 1 aromatic heterocycles. The van der Waals surface area contributed by atoms with Crippen LogP contribution in [0.15, 0.2) is 86.1 Å². The molecule has 0 aliphatic heterocycles. The molecule has 3 aromatic rings. The molecule has 1 unspecified atom stereocenters. The normalized spacial score (nSPS) is 13.3. The van der Waals surface area contributed by atoms with Gasteiger partial charge in [-0.25, -0.2) is 16.8 Å². The first-order valence-corrected chi connectivity index (χ1v) is 14.8. The number of nitrogens with one attached hydrogen (secondary N) is 1. The molecule has 0 amide bonds. The zero-order valence-corrected chi connectivity index (χ0v) is 21.6. The lowest BCUT2D eigenvalue weighted by molar-refractivity contribution is 0.166. The highest BCUT2D eigenvalue weighted by Crippen LogP contribution is 2.31. The Morgan fingerprint density at radius 1 is 0.912 bits per heavy atom. The zero-order chi connectivity index (χ0) is 24.8. The van der Waals surface area contributed by atoms with E-state index in [0.29, 0.717) is 12.2 Å². The van der Waals surface area contributed by atoms with E-state index in [1.807, 2.05) is 13.8 Å². The Labute approximate surface area is 206 Å². The summed E-state index contributed by atoms with van der Waals surface area (Å²) in [6.07, 6.45) is -0.663. The fraction of sp³-hybridized carbons (Fsp3) is 0.333. The molecule has 7 nitrogen and oxygen atoms in total. The number of thiophene rings is 1. The zero-order valence-electron chi connectivity index (χ0n) is 19.2. The van der Waals surface area contributed by atoms with Gasteiger partial charge in [-0.15, -0.1) is 11.3 Å². The Morgan fingerprint density at radius 3 is 2.09 bits per heavy atom. The van der Waals surface area contributed by atoms with Crippen molar-refractivity contribution in [1.82, 2.24) is 4.31 Å². The summed E-state index contributed by atoms with van der Waals surface area (Å²) in [5.41, 5.74) is 0.420. The van der Waals surface area contributed by atoms with Crippen molar-refractivity contribution in [3.05, 3.63) is 71.4 Å². The number of aliphatic hydroxyl groups is 1. The predicted octanol–water partition coefficient (Wildman–Crippen LogP) is 4.09. The quantitative estimate of drug-likeness (QED) is 0.371. The summed E-state index contributed by atoms with van der Waals surface area (Å²) in [6, 6.07) is 16.4. The topological polar surface area (TPSA) is 104 Å². The second kappa shape index (κ2) is 11.5. The molecular weight excluding hydrogens is 492 g/mol. The summed E-state index contributed by atoms with van der Waals surface area (Å²) < 4.78 is 53.5. The summed E-state index contributed by atoms with van der Waals surface area (Å²) >= 11 is 1.25. The van der Waals surface area contributed by atoms with Crippen molar-refractivity contribution in [2.45, 2.75) is 41.1 Å². The third kappa shape index (κ3) is 6.45. The Balaban J connectivity index is 1.65. The second-order valence-corrected chi connectivity index (χ2v) is 13.0. The van der Waals surface area contributed by atoms with E-state index < -0.39 is 26.0 Å². The van der Waals surface area contributed by atoms with Crippen molar-refractivity contribution >= 4 is 36.9 Å². The van der Waals surface area contributed by atoms with Gasteiger partial charge in [0.15, 0.2) is 0 Å². The van der Waals surface area contributed by atoms with E-state index in [2.05, 4.69) is 5.32 Å². The van der Waals surface area contributed by atoms with Gasteiger partial charge in [0, 0.05) is 30.4 Å². The van der Waals surface area contributed by atoms with Crippen molar-refractivity contribution < 1.29 is 21.9 Å². The first-order chi connectivity index (χ1) is 16.1. The maximum atomic E-state index is 13.1. The molecule has 3 rings (SSSR count). The first-order valence-electron chi connectivity index (χ1n) is 11.0. The molecule has 0 spiro atoms. The van der Waals surface area contributed by atoms with Crippen LogP contribution in [0, 0.1) is 5.92 Å². The smallest absolute Gasteiger partial charge is 0.243 e. The number of sulfone groups is 1. The van der Waals surface area contributed by atoms with E-state index in [1.165, 1.54) is 15.6 Å². The predicted molar refractivity (Wildman–Crippen MR) is 135 cm³/mol. The summed E-state index contributed by atoms with van der Waals surface area (Å²) in [6.45, 7) is 4.46. The number of benzene rings is 2. The van der Waals surface area contributed by atoms with Crippen LogP contribution in [0.25, 0.3) is 0 Å². The van der Waals surface area contributed by atoms with Crippen molar-refractivity contribution in [3.63, 3.8) is 0 Å². The fourth-order valence-corrected chi connectivity index (χ4v) is 7.67. The van der Waals surface area contributed by atoms with Crippen molar-refractivity contribution in [3.8, 4) is 0 Å². The monoisotopic (exact) mass is 522 g/mol. The number of hydrogen-bond donors (Lipinski definition) is 2. The number of sulfonamides is 1. The average Bonchev–Trinajstić information content (AvgIpc) is 3.31. The van der Waals surface area contributed by atoms with E-state index in [9.17, 15) is 21.9 Å². The molecule has 2 aromatic carbocycles. The minimum Gasteiger partial charge on any atom is -0.391 e. The number of aliphatic hydroxyl groups excluding tert-OH is 1. The van der Waals surface area contributed by atoms with Crippen LogP contribution < -0.4 is 5.32 Å². The Bertz CT molecular complexity index is 1260. The van der Waals surface area contributed by atoms with E-state index in [1.54, 1.807) is 71.4 Å². The molecule has 2 N–H and O–H groups in total. The van der Waals surface area contributed by atoms with Crippen LogP contribution in [0.5, 0.6) is 0 Å². The van der Waals surface area contributed by atoms with Gasteiger partial charge in [0.2, 0.25) is 19.9 Å². The van der Waals surface area contributed by atoms with Gasteiger partial charge in [-0.2, -0.15) is 4.31 Å². The molecule has 0 fully saturated rings. The summed E-state index contributed by atoms with van der Waals surface area (Å²) in [5, 5.41) is 16.8. The lowest BCUT2D eigenvalue weighted by Gasteiger charge is -2.25. The van der Waals surface area contributed by atoms with Crippen LogP contribution in [-0.4, -0.2) is 52.0 Å². The molecule has 0 saturated carbocycles. The standard InChI is InChI=1S/C24H30N2O5S3/c1-19(2)16-26(34(30,31)22-11-7-4-8-12-22)14-13-20(27)15-25-23-17-32-18-24(23)33(28,29)21-9-5-3-6-10-21/h3-12,17-20,25,27H,13-16H2,1-2H3. The molecule has 0 aliphatic carbocycles. The van der Waals surface area contributed by atoms with Crippen LogP contribution in [0.2, 0.25) is 0 Å². The largest absolute Gasteiger partial charge is 0.391 e. The van der Waals surface area contributed by atoms with Gasteiger partial charge in [-0.1, -0.05) is 50.2 Å². The summed E-state index contributed by atoms with van der Waals surface area (Å²) in [7, 11) is -7.37. The van der Waals surface area contributed by atoms with Crippen LogP contribution in [0.3, 0.4) is 0 Å². The SMILES string of the molecule is CC(C)CN(CCC(O)CNc1cscc1S(=O)(=O)c1ccccc1)S(=O)(=O)c1ccccc1. The van der Waals surface area contributed by atoms with Crippen LogP contribution in [0.4, 0.5) is 5.69 Å². The lowest BCUT2D eigenvalue weighted by atomic mass is 10.2. The number of rotatable bonds is 12. The van der Waals surface area contributed by atoms with Gasteiger partial charge in [0.25, 0.3) is 0 Å². The Hall–Kier alpha value is -2.24. The number of anilines is 1. The van der Waals surface area contributed by atoms with Crippen molar-refractivity contribution in [2.75, 3.05) is 25.0 Å². The minimum absolute atomic E-state index is 0.0922. The van der Waals surface area contributed by atoms with Crippen molar-refractivity contribution in [1.29, 1.82) is 0 Å². The number of nitrogens with zero attached hydrogens (tertiary/aromatic N) is 1. The molecule has 1 heterocycles. The molecule has 34 heavy (non-hydrogen) atoms. The van der Waals surface area contributed by atoms with Crippen LogP contribution in [-0.2, 0) is 19.9 Å². The highest BCUT2D eigenvalue weighted by atomic mass is 32.2. The molecule has 184 valence electrons. The van der Waals surface area contributed by atoms with Crippen LogP contribution in [0.1, 0.15) is 20.3 Å². The molecule has 0 aliphatic rings. The summed E-state index contributed by atoms with van der Waals surface area (Å²) in [5.74, 6) is 0.116. The highest BCUT2D eigenvalue weighted by molar-refractivity contribution is 7.91. The highest BCUT2D eigenvalue weighted by Gasteiger charge is 2.26. The Morgan fingerprint density at radius 2 is 1.50 bits per heavy atom. The fourth-order valence-electron chi connectivity index (χ4n) is 3.43.